The Hall–Kier alpha value is 0.536. The molecule has 0 heterocycles. The molecule has 0 amide bonds. The van der Waals surface area contributed by atoms with E-state index in [-0.39, 0.29) is 51.4 Å². The second-order valence-corrected chi connectivity index (χ2v) is 2.11. The van der Waals surface area contributed by atoms with E-state index >= 15 is 0 Å². The zero-order valence-corrected chi connectivity index (χ0v) is 9.41. The molecule has 0 aliphatic heterocycles. The van der Waals surface area contributed by atoms with Crippen molar-refractivity contribution in [3.63, 3.8) is 0 Å². The smallest absolute Gasteiger partial charge is 0.550 e. The van der Waals surface area contributed by atoms with Crippen molar-refractivity contribution in [1.29, 1.82) is 0 Å². The van der Waals surface area contributed by atoms with Crippen molar-refractivity contribution in [2.24, 2.45) is 0 Å². The summed E-state index contributed by atoms with van der Waals surface area (Å²) in [4.78, 5) is 19.7. The second-order valence-electron chi connectivity index (χ2n) is 2.11. The molecule has 0 aromatic carbocycles. The van der Waals surface area contributed by atoms with Gasteiger partial charge in [0.2, 0.25) is 0 Å². The van der Waals surface area contributed by atoms with Crippen LogP contribution in [-0.2, 0) is 9.59 Å². The molecule has 1 atom stereocenters. The van der Waals surface area contributed by atoms with Gasteiger partial charge in [0.05, 0.1) is 5.97 Å². The van der Waals surface area contributed by atoms with Crippen molar-refractivity contribution in [1.82, 2.24) is 0 Å². The zero-order chi connectivity index (χ0) is 8.36. The maximum absolute atomic E-state index is 9.90. The van der Waals surface area contributed by atoms with E-state index in [0.717, 1.165) is 6.92 Å². The summed E-state index contributed by atoms with van der Waals surface area (Å²) in [5, 5.41) is 28.3. The molecule has 0 saturated carbocycles. The third kappa shape index (κ3) is 5.77. The summed E-state index contributed by atoms with van der Waals surface area (Å²) >= 11 is 0. The minimum absolute atomic E-state index is 0. The van der Waals surface area contributed by atoms with Crippen LogP contribution in [0, 0.1) is 0 Å². The van der Waals surface area contributed by atoms with Crippen LogP contribution in [0.1, 0.15) is 13.3 Å². The number of aliphatic carboxylic acids is 2. The van der Waals surface area contributed by atoms with Crippen molar-refractivity contribution in [3.05, 3.63) is 0 Å². The number of aliphatic hydroxyl groups is 1. The van der Waals surface area contributed by atoms with E-state index in [1.165, 1.54) is 0 Å². The van der Waals surface area contributed by atoms with Gasteiger partial charge in [-0.15, -0.1) is 0 Å². The fourth-order valence-corrected chi connectivity index (χ4v) is 0.353. The minimum atomic E-state index is -2.33. The third-order valence-corrected chi connectivity index (χ3v) is 0.928. The molecule has 0 saturated heterocycles. The van der Waals surface area contributed by atoms with E-state index in [1.54, 1.807) is 0 Å². The molecule has 1 unspecified atom stereocenters. The average Bonchev–Trinajstić information content (AvgIpc) is 1.60. The molecule has 0 bridgehead atoms. The minimum Gasteiger partial charge on any atom is -0.550 e. The van der Waals surface area contributed by atoms with Gasteiger partial charge in [0.25, 0.3) is 0 Å². The molecule has 11 heavy (non-hydrogen) atoms. The van der Waals surface area contributed by atoms with Gasteiger partial charge in [0.15, 0.2) is 0 Å². The number of rotatable bonds is 3. The Balaban J connectivity index is 0. The molecule has 0 aromatic heterocycles. The van der Waals surface area contributed by atoms with Crippen LogP contribution in [0.2, 0.25) is 0 Å². The second kappa shape index (κ2) is 5.23. The first-order chi connectivity index (χ1) is 4.36. The monoisotopic (exact) mass is 185 g/mol. The Morgan fingerprint density at radius 3 is 1.91 bits per heavy atom. The van der Waals surface area contributed by atoms with Gasteiger partial charge in [-0.25, -0.2) is 0 Å². The fourth-order valence-electron chi connectivity index (χ4n) is 0.353. The molecule has 0 rings (SSSR count). The van der Waals surface area contributed by atoms with Gasteiger partial charge in [-0.3, -0.25) is 0 Å². The van der Waals surface area contributed by atoms with Crippen LogP contribution in [0.4, 0.5) is 0 Å². The maximum atomic E-state index is 9.90. The number of carboxylic acid groups (broad SMARTS) is 2. The standard InChI is InChI=1S/C5H8O5.K/c1-5(10,4(8)9)2-3(6)7;/h10H,2H2,1H3,(H,6,7)(H,8,9);/q;+1/p-2. The molecule has 5 nitrogen and oxygen atoms in total. The van der Waals surface area contributed by atoms with Gasteiger partial charge < -0.3 is 24.9 Å². The van der Waals surface area contributed by atoms with Crippen LogP contribution in [0.25, 0.3) is 0 Å². The van der Waals surface area contributed by atoms with Crippen molar-refractivity contribution < 1.29 is 76.3 Å². The van der Waals surface area contributed by atoms with Gasteiger partial charge in [0, 0.05) is 12.4 Å². The van der Waals surface area contributed by atoms with E-state index in [1.807, 2.05) is 0 Å². The van der Waals surface area contributed by atoms with Crippen LogP contribution < -0.4 is 61.6 Å². The van der Waals surface area contributed by atoms with Gasteiger partial charge in [-0.1, -0.05) is 0 Å². The summed E-state index contributed by atoms with van der Waals surface area (Å²) in [6, 6.07) is 0. The third-order valence-electron chi connectivity index (χ3n) is 0.928. The number of carbonyl (C=O) groups is 2. The summed E-state index contributed by atoms with van der Waals surface area (Å²) < 4.78 is 0. The van der Waals surface area contributed by atoms with Crippen LogP contribution in [0.5, 0.6) is 0 Å². The number of hydrogen-bond acceptors (Lipinski definition) is 5. The van der Waals surface area contributed by atoms with Crippen molar-refractivity contribution in [3.8, 4) is 0 Å². The van der Waals surface area contributed by atoms with Crippen molar-refractivity contribution in [2.45, 2.75) is 18.9 Å². The summed E-state index contributed by atoms with van der Waals surface area (Å²) in [5.74, 6) is -3.45. The van der Waals surface area contributed by atoms with E-state index in [4.69, 9.17) is 5.11 Å². The largest absolute Gasteiger partial charge is 1.00 e. The van der Waals surface area contributed by atoms with E-state index < -0.39 is 24.0 Å². The summed E-state index contributed by atoms with van der Waals surface area (Å²) in [5.41, 5.74) is -2.33. The molecular weight excluding hydrogens is 179 g/mol. The van der Waals surface area contributed by atoms with Gasteiger partial charge >= 0.3 is 51.4 Å². The zero-order valence-electron chi connectivity index (χ0n) is 6.29. The van der Waals surface area contributed by atoms with Gasteiger partial charge in [0.1, 0.15) is 5.60 Å². The Morgan fingerprint density at radius 2 is 1.82 bits per heavy atom. The number of carbonyl (C=O) groups excluding carboxylic acids is 2. The molecule has 0 radical (unpaired) electrons. The molecular formula is C5H6KO5-. The number of hydrogen-bond donors (Lipinski definition) is 1. The van der Waals surface area contributed by atoms with Crippen molar-refractivity contribution >= 4 is 11.9 Å². The topological polar surface area (TPSA) is 100 Å². The van der Waals surface area contributed by atoms with Crippen LogP contribution in [0.3, 0.4) is 0 Å². The quantitative estimate of drug-likeness (QED) is 0.441. The first-order valence-corrected chi connectivity index (χ1v) is 2.50. The Kier molecular flexibility index (Phi) is 6.69. The predicted octanol–water partition coefficient (Wildman–Crippen LogP) is -6.37. The maximum Gasteiger partial charge on any atom is 1.00 e. The molecule has 0 aromatic rings. The van der Waals surface area contributed by atoms with Crippen LogP contribution in [0.15, 0.2) is 0 Å². The Morgan fingerprint density at radius 1 is 1.45 bits per heavy atom. The molecule has 0 fully saturated rings. The van der Waals surface area contributed by atoms with Crippen LogP contribution >= 0.6 is 0 Å². The first-order valence-electron chi connectivity index (χ1n) is 2.50. The van der Waals surface area contributed by atoms with E-state index in [9.17, 15) is 19.8 Å². The molecule has 58 valence electrons. The number of carboxylic acids is 2. The molecule has 1 N–H and O–H groups in total. The molecule has 0 aliphatic rings. The first kappa shape index (κ1) is 14.1. The predicted molar refractivity (Wildman–Crippen MR) is 25.3 cm³/mol. The van der Waals surface area contributed by atoms with Crippen molar-refractivity contribution in [2.75, 3.05) is 0 Å². The molecule has 0 aliphatic carbocycles. The van der Waals surface area contributed by atoms with Gasteiger partial charge in [-0.2, -0.15) is 0 Å². The van der Waals surface area contributed by atoms with E-state index in [0.29, 0.717) is 0 Å². The Labute approximate surface area is 106 Å². The van der Waals surface area contributed by atoms with Gasteiger partial charge in [-0.05, 0) is 6.92 Å². The SMILES string of the molecule is CC(O)(CC(=O)[O-])C(=O)[O-].[K+]. The summed E-state index contributed by atoms with van der Waals surface area (Å²) in [6.07, 6.45) is -0.963. The normalized spacial score (nSPS) is 14.4. The van der Waals surface area contributed by atoms with E-state index in [2.05, 4.69) is 0 Å². The van der Waals surface area contributed by atoms with Crippen LogP contribution in [-0.4, -0.2) is 22.6 Å². The molecule has 0 spiro atoms. The Bertz CT molecular complexity index is 164. The average molecular weight is 185 g/mol. The fraction of sp³-hybridized carbons (Fsp3) is 0.600. The molecule has 6 heteroatoms. The summed E-state index contributed by atoms with van der Waals surface area (Å²) in [6.45, 7) is 0.831. The summed E-state index contributed by atoms with van der Waals surface area (Å²) in [7, 11) is 0.